The van der Waals surface area contributed by atoms with E-state index in [0.717, 1.165) is 16.0 Å². The highest BCUT2D eigenvalue weighted by Gasteiger charge is 2.13. The normalized spacial score (nSPS) is 10.5. The van der Waals surface area contributed by atoms with Crippen molar-refractivity contribution in [2.45, 2.75) is 6.92 Å². The fourth-order valence-corrected chi connectivity index (χ4v) is 3.04. The molecule has 1 amide bonds. The van der Waals surface area contributed by atoms with E-state index in [9.17, 15) is 4.79 Å². The number of rotatable bonds is 4. The van der Waals surface area contributed by atoms with Crippen molar-refractivity contribution in [1.29, 1.82) is 0 Å². The largest absolute Gasteiger partial charge is 0.395 e. The summed E-state index contributed by atoms with van der Waals surface area (Å²) in [4.78, 5) is 13.5. The molecule has 0 atom stereocenters. The van der Waals surface area contributed by atoms with Crippen LogP contribution in [-0.4, -0.2) is 24.2 Å². The summed E-state index contributed by atoms with van der Waals surface area (Å²) >= 11 is 7.41. The lowest BCUT2D eigenvalue weighted by molar-refractivity contribution is 0.0949. The summed E-state index contributed by atoms with van der Waals surface area (Å²) in [7, 11) is 0. The monoisotopic (exact) mass is 295 g/mol. The van der Waals surface area contributed by atoms with Gasteiger partial charge in [0.1, 0.15) is 0 Å². The summed E-state index contributed by atoms with van der Waals surface area (Å²) in [5.74, 6) is -0.157. The number of carbonyl (C=O) groups excluding carboxylic acids is 1. The molecule has 0 fully saturated rings. The van der Waals surface area contributed by atoms with E-state index in [2.05, 4.69) is 5.32 Å². The van der Waals surface area contributed by atoms with Gasteiger partial charge in [0.2, 0.25) is 0 Å². The fourth-order valence-electron chi connectivity index (χ4n) is 1.77. The first-order chi connectivity index (χ1) is 9.11. The summed E-state index contributed by atoms with van der Waals surface area (Å²) in [6, 6.07) is 9.43. The van der Waals surface area contributed by atoms with Gasteiger partial charge in [-0.25, -0.2) is 0 Å². The molecule has 0 aliphatic carbocycles. The Labute approximate surface area is 120 Å². The molecular formula is C14H14ClNO2S. The molecular weight excluding hydrogens is 282 g/mol. The molecule has 0 saturated heterocycles. The molecule has 1 aromatic heterocycles. The van der Waals surface area contributed by atoms with Crippen LogP contribution in [0.4, 0.5) is 0 Å². The topological polar surface area (TPSA) is 49.3 Å². The van der Waals surface area contributed by atoms with E-state index in [1.165, 1.54) is 11.3 Å². The Morgan fingerprint density at radius 1 is 1.42 bits per heavy atom. The minimum atomic E-state index is -0.157. The average molecular weight is 296 g/mol. The van der Waals surface area contributed by atoms with Crippen LogP contribution < -0.4 is 5.32 Å². The van der Waals surface area contributed by atoms with Crippen LogP contribution in [0.15, 0.2) is 30.3 Å². The summed E-state index contributed by atoms with van der Waals surface area (Å²) in [6.45, 7) is 2.18. The van der Waals surface area contributed by atoms with Crippen LogP contribution in [0.3, 0.4) is 0 Å². The van der Waals surface area contributed by atoms with Crippen molar-refractivity contribution < 1.29 is 9.90 Å². The number of halogens is 1. The molecule has 0 unspecified atom stereocenters. The molecule has 5 heteroatoms. The van der Waals surface area contributed by atoms with Crippen LogP contribution in [0.1, 0.15) is 15.2 Å². The second-order valence-electron chi connectivity index (χ2n) is 4.11. The summed E-state index contributed by atoms with van der Waals surface area (Å²) in [6.07, 6.45) is 0. The number of hydrogen-bond donors (Lipinski definition) is 2. The second-order valence-corrected chi connectivity index (χ2v) is 5.60. The number of benzene rings is 1. The predicted molar refractivity (Wildman–Crippen MR) is 78.9 cm³/mol. The maximum Gasteiger partial charge on any atom is 0.261 e. The number of thiophene rings is 1. The molecule has 0 radical (unpaired) electrons. The molecule has 2 aromatic rings. The van der Waals surface area contributed by atoms with Crippen LogP contribution in [-0.2, 0) is 0 Å². The quantitative estimate of drug-likeness (QED) is 0.910. The number of aliphatic hydroxyl groups excluding tert-OH is 1. The van der Waals surface area contributed by atoms with Crippen molar-refractivity contribution in [3.05, 3.63) is 45.8 Å². The van der Waals surface area contributed by atoms with Crippen molar-refractivity contribution in [1.82, 2.24) is 5.32 Å². The van der Waals surface area contributed by atoms with Crippen LogP contribution in [0, 0.1) is 6.92 Å². The minimum absolute atomic E-state index is 0.0583. The number of aryl methyl sites for hydroxylation is 1. The van der Waals surface area contributed by atoms with Crippen LogP contribution in [0.25, 0.3) is 10.4 Å². The molecule has 100 valence electrons. The predicted octanol–water partition coefficient (Wildman–Crippen LogP) is 3.10. The summed E-state index contributed by atoms with van der Waals surface area (Å²) in [5.41, 5.74) is 2.05. The second kappa shape index (κ2) is 6.19. The molecule has 2 rings (SSSR count). The number of hydrogen-bond acceptors (Lipinski definition) is 3. The number of carbonyl (C=O) groups is 1. The van der Waals surface area contributed by atoms with Crippen LogP contribution in [0.5, 0.6) is 0 Å². The third-order valence-electron chi connectivity index (χ3n) is 2.63. The Morgan fingerprint density at radius 2 is 2.21 bits per heavy atom. The summed E-state index contributed by atoms with van der Waals surface area (Å²) in [5, 5.41) is 12.0. The SMILES string of the molecule is Cc1cc(C(=O)NCCO)sc1-c1cccc(Cl)c1. The Hall–Kier alpha value is -1.36. The van der Waals surface area contributed by atoms with Gasteiger partial charge in [-0.3, -0.25) is 4.79 Å². The van der Waals surface area contributed by atoms with Gasteiger partial charge in [0.15, 0.2) is 0 Å². The number of aliphatic hydroxyl groups is 1. The molecule has 1 heterocycles. The van der Waals surface area contributed by atoms with E-state index in [-0.39, 0.29) is 19.1 Å². The Kier molecular flexibility index (Phi) is 4.58. The zero-order chi connectivity index (χ0) is 13.8. The molecule has 0 bridgehead atoms. The maximum atomic E-state index is 11.8. The highest BCUT2D eigenvalue weighted by molar-refractivity contribution is 7.17. The van der Waals surface area contributed by atoms with Crippen molar-refractivity contribution in [3.63, 3.8) is 0 Å². The first kappa shape index (κ1) is 14.1. The van der Waals surface area contributed by atoms with Gasteiger partial charge in [-0.05, 0) is 36.2 Å². The third-order valence-corrected chi connectivity index (χ3v) is 4.15. The Balaban J connectivity index is 2.29. The van der Waals surface area contributed by atoms with Gasteiger partial charge in [0.05, 0.1) is 11.5 Å². The van der Waals surface area contributed by atoms with E-state index in [1.807, 2.05) is 37.3 Å². The summed E-state index contributed by atoms with van der Waals surface area (Å²) < 4.78 is 0. The molecule has 19 heavy (non-hydrogen) atoms. The lowest BCUT2D eigenvalue weighted by Crippen LogP contribution is -2.25. The van der Waals surface area contributed by atoms with Gasteiger partial charge in [-0.1, -0.05) is 23.7 Å². The Morgan fingerprint density at radius 3 is 2.89 bits per heavy atom. The van der Waals surface area contributed by atoms with Crippen molar-refractivity contribution in [2.24, 2.45) is 0 Å². The lowest BCUT2D eigenvalue weighted by atomic mass is 10.1. The van der Waals surface area contributed by atoms with Gasteiger partial charge < -0.3 is 10.4 Å². The third kappa shape index (κ3) is 3.35. The standard InChI is InChI=1S/C14H14ClNO2S/c1-9-7-12(14(18)16-5-6-17)19-13(9)10-3-2-4-11(15)8-10/h2-4,7-8,17H,5-6H2,1H3,(H,16,18). The van der Waals surface area contributed by atoms with Crippen LogP contribution >= 0.6 is 22.9 Å². The zero-order valence-electron chi connectivity index (χ0n) is 10.4. The molecule has 0 aliphatic rings. The van der Waals surface area contributed by atoms with E-state index >= 15 is 0 Å². The van der Waals surface area contributed by atoms with E-state index in [4.69, 9.17) is 16.7 Å². The van der Waals surface area contributed by atoms with Gasteiger partial charge in [-0.15, -0.1) is 11.3 Å². The van der Waals surface area contributed by atoms with Gasteiger partial charge in [0, 0.05) is 16.4 Å². The maximum absolute atomic E-state index is 11.8. The fraction of sp³-hybridized carbons (Fsp3) is 0.214. The number of nitrogens with one attached hydrogen (secondary N) is 1. The van der Waals surface area contributed by atoms with Crippen molar-refractivity contribution in [2.75, 3.05) is 13.2 Å². The molecule has 3 nitrogen and oxygen atoms in total. The molecule has 0 saturated carbocycles. The number of amides is 1. The molecule has 1 aromatic carbocycles. The van der Waals surface area contributed by atoms with Gasteiger partial charge in [0.25, 0.3) is 5.91 Å². The van der Waals surface area contributed by atoms with Crippen molar-refractivity contribution >= 4 is 28.8 Å². The van der Waals surface area contributed by atoms with E-state index < -0.39 is 0 Å². The zero-order valence-corrected chi connectivity index (χ0v) is 12.0. The average Bonchev–Trinajstić information content (AvgIpc) is 2.78. The van der Waals surface area contributed by atoms with E-state index in [1.54, 1.807) is 0 Å². The molecule has 2 N–H and O–H groups in total. The first-order valence-electron chi connectivity index (χ1n) is 5.87. The lowest BCUT2D eigenvalue weighted by Gasteiger charge is -2.00. The van der Waals surface area contributed by atoms with Gasteiger partial charge in [-0.2, -0.15) is 0 Å². The van der Waals surface area contributed by atoms with E-state index in [0.29, 0.717) is 9.90 Å². The van der Waals surface area contributed by atoms with Crippen LogP contribution in [0.2, 0.25) is 5.02 Å². The first-order valence-corrected chi connectivity index (χ1v) is 7.06. The Bertz CT molecular complexity index is 595. The smallest absolute Gasteiger partial charge is 0.261 e. The molecule has 0 aliphatic heterocycles. The van der Waals surface area contributed by atoms with Crippen molar-refractivity contribution in [3.8, 4) is 10.4 Å². The highest BCUT2D eigenvalue weighted by Crippen LogP contribution is 2.33. The highest BCUT2D eigenvalue weighted by atomic mass is 35.5. The molecule has 0 spiro atoms. The minimum Gasteiger partial charge on any atom is -0.395 e. The van der Waals surface area contributed by atoms with Gasteiger partial charge >= 0.3 is 0 Å².